The molecule has 5 saturated heterocycles. The third-order valence-electron chi connectivity index (χ3n) is 17.2. The van der Waals surface area contributed by atoms with Crippen molar-refractivity contribution in [1.29, 1.82) is 0 Å². The molecule has 358 valence electrons. The van der Waals surface area contributed by atoms with Gasteiger partial charge in [0, 0.05) is 23.7 Å². The van der Waals surface area contributed by atoms with Gasteiger partial charge in [0.2, 0.25) is 0 Å². The lowest BCUT2D eigenvalue weighted by Gasteiger charge is -2.57. The number of ketones is 1. The summed E-state index contributed by atoms with van der Waals surface area (Å²) in [5.41, 5.74) is -0.0225. The predicted molar refractivity (Wildman–Crippen MR) is 211 cm³/mol. The summed E-state index contributed by atoms with van der Waals surface area (Å²) in [4.78, 5) is 14.5. The summed E-state index contributed by atoms with van der Waals surface area (Å²) in [6.45, 7) is 7.30. The van der Waals surface area contributed by atoms with Crippen molar-refractivity contribution in [2.24, 2.45) is 46.3 Å². The average Bonchev–Trinajstić information content (AvgIpc) is 3.71. The molecule has 5 aliphatic heterocycles. The van der Waals surface area contributed by atoms with Crippen LogP contribution in [0.3, 0.4) is 0 Å². The van der Waals surface area contributed by atoms with Crippen LogP contribution in [0.2, 0.25) is 0 Å². The first-order valence-electron chi connectivity index (χ1n) is 23.0. The molecule has 19 heteroatoms. The molecule has 0 amide bonds. The van der Waals surface area contributed by atoms with Crippen LogP contribution in [0.4, 0.5) is 0 Å². The highest BCUT2D eigenvalue weighted by Crippen LogP contribution is 2.69. The van der Waals surface area contributed by atoms with Crippen molar-refractivity contribution >= 4 is 5.78 Å². The van der Waals surface area contributed by atoms with Gasteiger partial charge in [0.05, 0.1) is 44.7 Å². The Balaban J connectivity index is 0.871. The minimum atomic E-state index is -1.85. The summed E-state index contributed by atoms with van der Waals surface area (Å²) in [6.07, 6.45) is -18.3. The number of hydrogen-bond acceptors (Lipinski definition) is 19. The molecular weight excluding hydrogens is 832 g/mol. The molecule has 26 atom stereocenters. The van der Waals surface area contributed by atoms with Crippen molar-refractivity contribution in [2.75, 3.05) is 26.4 Å². The van der Waals surface area contributed by atoms with Crippen LogP contribution in [0.25, 0.3) is 0 Å². The van der Waals surface area contributed by atoms with E-state index < -0.39 is 135 Å². The number of carbonyl (C=O) groups is 1. The second-order valence-corrected chi connectivity index (χ2v) is 20.7. The van der Waals surface area contributed by atoms with E-state index in [1.54, 1.807) is 0 Å². The molecule has 3 saturated carbocycles. The molecule has 10 N–H and O–H groups in total. The number of ether oxygens (including phenoxy) is 8. The third kappa shape index (κ3) is 7.52. The Labute approximate surface area is 366 Å². The van der Waals surface area contributed by atoms with Gasteiger partial charge in [0.1, 0.15) is 67.1 Å². The number of fused-ring (bicyclic) bond motifs is 7. The molecular formula is C44H68O19. The maximum absolute atomic E-state index is 14.5. The Morgan fingerprint density at radius 1 is 0.730 bits per heavy atom. The fraction of sp³-hybridized carbons (Fsp3) is 0.932. The smallest absolute Gasteiger partial charge is 0.187 e. The summed E-state index contributed by atoms with van der Waals surface area (Å²) in [5.74, 6) is 0.329. The molecule has 8 fully saturated rings. The maximum Gasteiger partial charge on any atom is 0.187 e. The van der Waals surface area contributed by atoms with Gasteiger partial charge in [0.25, 0.3) is 0 Å². The van der Waals surface area contributed by atoms with Crippen molar-refractivity contribution in [3.8, 4) is 0 Å². The van der Waals surface area contributed by atoms with Gasteiger partial charge in [-0.15, -0.1) is 0 Å². The van der Waals surface area contributed by atoms with E-state index in [1.807, 2.05) is 6.08 Å². The Morgan fingerprint density at radius 2 is 1.41 bits per heavy atom. The Bertz CT molecular complexity index is 1690. The number of hydrogen-bond donors (Lipinski definition) is 10. The Hall–Kier alpha value is -1.31. The lowest BCUT2D eigenvalue weighted by Crippen LogP contribution is -2.66. The molecule has 0 aromatic carbocycles. The van der Waals surface area contributed by atoms with Crippen LogP contribution < -0.4 is 0 Å². The maximum atomic E-state index is 14.5. The van der Waals surface area contributed by atoms with Crippen LogP contribution in [-0.2, 0) is 42.7 Å². The van der Waals surface area contributed by atoms with Crippen LogP contribution in [-0.4, -0.2) is 193 Å². The molecule has 4 aliphatic carbocycles. The second-order valence-electron chi connectivity index (χ2n) is 20.7. The fourth-order valence-corrected chi connectivity index (χ4v) is 13.5. The molecule has 1 spiro atoms. The zero-order chi connectivity index (χ0) is 45.1. The molecule has 19 nitrogen and oxygen atoms in total. The zero-order valence-corrected chi connectivity index (χ0v) is 36.3. The second kappa shape index (κ2) is 17.3. The van der Waals surface area contributed by atoms with E-state index in [2.05, 4.69) is 27.7 Å². The van der Waals surface area contributed by atoms with E-state index in [0.717, 1.165) is 37.7 Å². The van der Waals surface area contributed by atoms with Gasteiger partial charge in [-0.05, 0) is 73.7 Å². The summed E-state index contributed by atoms with van der Waals surface area (Å²) in [5, 5.41) is 107. The highest BCUT2D eigenvalue weighted by molar-refractivity contribution is 5.97. The average molecular weight is 901 g/mol. The van der Waals surface area contributed by atoms with Gasteiger partial charge < -0.3 is 89.0 Å². The normalized spacial score (nSPS) is 57.0. The van der Waals surface area contributed by atoms with Crippen LogP contribution in [0.5, 0.6) is 0 Å². The van der Waals surface area contributed by atoms with E-state index in [-0.39, 0.29) is 47.9 Å². The van der Waals surface area contributed by atoms with Gasteiger partial charge in [-0.2, -0.15) is 0 Å². The number of allylic oxidation sites excluding steroid dienone is 2. The molecule has 9 rings (SSSR count). The molecule has 26 unspecified atom stereocenters. The molecule has 0 aromatic heterocycles. The van der Waals surface area contributed by atoms with Crippen LogP contribution in [0.15, 0.2) is 11.6 Å². The Kier molecular flexibility index (Phi) is 12.9. The first kappa shape index (κ1) is 46.8. The van der Waals surface area contributed by atoms with E-state index in [0.29, 0.717) is 18.9 Å². The first-order chi connectivity index (χ1) is 29.9. The summed E-state index contributed by atoms with van der Waals surface area (Å²) in [6, 6.07) is 0. The van der Waals surface area contributed by atoms with Crippen molar-refractivity contribution < 1.29 is 93.8 Å². The van der Waals surface area contributed by atoms with E-state index in [9.17, 15) is 55.9 Å². The van der Waals surface area contributed by atoms with Crippen molar-refractivity contribution in [2.45, 2.75) is 183 Å². The molecule has 0 aromatic rings. The minimum absolute atomic E-state index is 0.00980. The standard InChI is InChI=1S/C44H68O19/c1-17-7-8-44(57-15-17)18(2)30-26(63-44)10-22-20-6-5-19-9-25(23(47)12-42(19,3)21(20)11-29(49)43(22,30)4)58-40-36(55)34(53)37(28(14-46)60-40)61-41-38(33(52)32(51)27(13-45)59-41)62-39-35(54)31(50)24(48)16-56-39/h11,17-20,22-28,30-41,45-48,50-55H,5-10,12-16H2,1-4H3. The summed E-state index contributed by atoms with van der Waals surface area (Å²) < 4.78 is 48.2. The zero-order valence-electron chi connectivity index (χ0n) is 36.3. The lowest BCUT2D eigenvalue weighted by atomic mass is 9.47. The quantitative estimate of drug-likeness (QED) is 0.118. The monoisotopic (exact) mass is 900 g/mol. The van der Waals surface area contributed by atoms with E-state index >= 15 is 0 Å². The largest absolute Gasteiger partial charge is 0.394 e. The highest BCUT2D eigenvalue weighted by Gasteiger charge is 2.71. The van der Waals surface area contributed by atoms with Crippen LogP contribution in [0.1, 0.15) is 72.6 Å². The van der Waals surface area contributed by atoms with Gasteiger partial charge in [0.15, 0.2) is 30.4 Å². The summed E-state index contributed by atoms with van der Waals surface area (Å²) >= 11 is 0. The highest BCUT2D eigenvalue weighted by atomic mass is 16.8. The van der Waals surface area contributed by atoms with Crippen molar-refractivity contribution in [1.82, 2.24) is 0 Å². The minimum Gasteiger partial charge on any atom is -0.394 e. The van der Waals surface area contributed by atoms with Gasteiger partial charge in [-0.25, -0.2) is 0 Å². The number of rotatable bonds is 8. The Morgan fingerprint density at radius 3 is 2.11 bits per heavy atom. The molecule has 0 radical (unpaired) electrons. The molecule has 5 heterocycles. The SMILES string of the molecule is CC1CCC2(OC1)OC1CC3C4CCC5CC(OC6OC(CO)C(OC7OC(CO)C(O)C(O)C7OC7OCC(O)C(O)C7O)C(O)C6O)C(O)CC5(C)C4=CC(=O)C3(C)C1C2C. The fourth-order valence-electron chi connectivity index (χ4n) is 13.5. The predicted octanol–water partition coefficient (Wildman–Crippen LogP) is -2.02. The number of aliphatic hydroxyl groups is 10. The van der Waals surface area contributed by atoms with Gasteiger partial charge in [-0.1, -0.05) is 33.3 Å². The van der Waals surface area contributed by atoms with Crippen molar-refractivity contribution in [3.63, 3.8) is 0 Å². The van der Waals surface area contributed by atoms with E-state index in [4.69, 9.17) is 37.9 Å². The topological polar surface area (TPSA) is 293 Å². The molecule has 0 bridgehead atoms. The molecule has 9 aliphatic rings. The van der Waals surface area contributed by atoms with Crippen LogP contribution in [0, 0.1) is 46.3 Å². The van der Waals surface area contributed by atoms with Crippen molar-refractivity contribution in [3.05, 3.63) is 11.6 Å². The number of aliphatic hydroxyl groups excluding tert-OH is 10. The van der Waals surface area contributed by atoms with Crippen LogP contribution >= 0.6 is 0 Å². The number of carbonyl (C=O) groups excluding carboxylic acids is 1. The third-order valence-corrected chi connectivity index (χ3v) is 17.2. The first-order valence-corrected chi connectivity index (χ1v) is 23.0. The summed E-state index contributed by atoms with van der Waals surface area (Å²) in [7, 11) is 0. The van der Waals surface area contributed by atoms with Gasteiger partial charge >= 0.3 is 0 Å². The van der Waals surface area contributed by atoms with Gasteiger partial charge in [-0.3, -0.25) is 4.79 Å². The molecule has 63 heavy (non-hydrogen) atoms. The van der Waals surface area contributed by atoms with E-state index in [1.165, 1.54) is 0 Å². The lowest BCUT2D eigenvalue weighted by molar-refractivity contribution is -0.386.